The molecule has 0 aliphatic heterocycles. The second-order valence-corrected chi connectivity index (χ2v) is 5.53. The lowest BCUT2D eigenvalue weighted by molar-refractivity contribution is 0.103. The minimum absolute atomic E-state index is 0.214. The lowest BCUT2D eigenvalue weighted by atomic mass is 10.1. The van der Waals surface area contributed by atoms with Crippen molar-refractivity contribution in [2.45, 2.75) is 6.54 Å². The molecule has 22 heavy (non-hydrogen) atoms. The molecule has 0 amide bonds. The van der Waals surface area contributed by atoms with Crippen LogP contribution in [0.3, 0.4) is 0 Å². The molecule has 4 nitrogen and oxygen atoms in total. The van der Waals surface area contributed by atoms with Crippen LogP contribution in [-0.4, -0.2) is 20.8 Å². The highest BCUT2D eigenvalue weighted by molar-refractivity contribution is 6.40. The molecule has 0 fully saturated rings. The molecular formula is C16H11Cl2N3O. The van der Waals surface area contributed by atoms with Gasteiger partial charge in [0.25, 0.3) is 0 Å². The largest absolute Gasteiger partial charge is 0.287 e. The summed E-state index contributed by atoms with van der Waals surface area (Å²) in [6, 6.07) is 14.7. The van der Waals surface area contributed by atoms with E-state index in [4.69, 9.17) is 23.2 Å². The lowest BCUT2D eigenvalue weighted by Gasteiger charge is -2.03. The molecule has 6 heteroatoms. The molecule has 0 spiro atoms. The summed E-state index contributed by atoms with van der Waals surface area (Å²) in [7, 11) is 0. The Morgan fingerprint density at radius 1 is 1.00 bits per heavy atom. The van der Waals surface area contributed by atoms with Crippen LogP contribution in [0.1, 0.15) is 21.6 Å². The molecule has 1 aromatic heterocycles. The Hall–Kier alpha value is -2.17. The average molecular weight is 332 g/mol. The smallest absolute Gasteiger partial charge is 0.217 e. The standard InChI is InChI=1S/C16H11Cl2N3O/c17-12-7-4-8-13(18)15(12)16(22)14-10-21(20-19-14)9-11-5-2-1-3-6-11/h1-8,10H,9H2. The van der Waals surface area contributed by atoms with Gasteiger partial charge in [0, 0.05) is 0 Å². The van der Waals surface area contributed by atoms with Crippen LogP contribution in [0.2, 0.25) is 10.0 Å². The van der Waals surface area contributed by atoms with E-state index in [0.29, 0.717) is 16.6 Å². The third-order valence-corrected chi connectivity index (χ3v) is 3.78. The van der Waals surface area contributed by atoms with Crippen molar-refractivity contribution < 1.29 is 4.79 Å². The van der Waals surface area contributed by atoms with Gasteiger partial charge in [-0.3, -0.25) is 4.79 Å². The van der Waals surface area contributed by atoms with E-state index in [0.717, 1.165) is 5.56 Å². The third kappa shape index (κ3) is 3.03. The van der Waals surface area contributed by atoms with Crippen LogP contribution in [0, 0.1) is 0 Å². The molecule has 0 bridgehead atoms. The van der Waals surface area contributed by atoms with E-state index in [1.54, 1.807) is 29.1 Å². The second kappa shape index (κ2) is 6.30. The fraction of sp³-hybridized carbons (Fsp3) is 0.0625. The maximum atomic E-state index is 12.5. The molecule has 0 aliphatic carbocycles. The molecule has 0 radical (unpaired) electrons. The molecule has 3 aromatic rings. The third-order valence-electron chi connectivity index (χ3n) is 3.15. The van der Waals surface area contributed by atoms with E-state index in [2.05, 4.69) is 10.3 Å². The maximum absolute atomic E-state index is 12.5. The maximum Gasteiger partial charge on any atom is 0.217 e. The summed E-state index contributed by atoms with van der Waals surface area (Å²) < 4.78 is 1.60. The normalized spacial score (nSPS) is 10.6. The highest BCUT2D eigenvalue weighted by Gasteiger charge is 2.19. The summed E-state index contributed by atoms with van der Waals surface area (Å²) in [6.45, 7) is 0.539. The monoisotopic (exact) mass is 331 g/mol. The van der Waals surface area contributed by atoms with Crippen molar-refractivity contribution >= 4 is 29.0 Å². The Bertz CT molecular complexity index is 795. The number of benzene rings is 2. The number of hydrogen-bond acceptors (Lipinski definition) is 3. The lowest BCUT2D eigenvalue weighted by Crippen LogP contribution is -2.04. The first kappa shape index (κ1) is 14.8. The zero-order valence-corrected chi connectivity index (χ0v) is 12.9. The quantitative estimate of drug-likeness (QED) is 0.682. The van der Waals surface area contributed by atoms with Crippen LogP contribution in [0.25, 0.3) is 0 Å². The molecule has 0 atom stereocenters. The van der Waals surface area contributed by atoms with Crippen molar-refractivity contribution in [3.8, 4) is 0 Å². The molecule has 2 aromatic carbocycles. The van der Waals surface area contributed by atoms with Crippen LogP contribution in [0.15, 0.2) is 54.7 Å². The minimum Gasteiger partial charge on any atom is -0.287 e. The van der Waals surface area contributed by atoms with Gasteiger partial charge in [-0.2, -0.15) is 0 Å². The van der Waals surface area contributed by atoms with Crippen molar-refractivity contribution in [1.29, 1.82) is 0 Å². The Balaban J connectivity index is 1.86. The molecule has 110 valence electrons. The molecule has 0 saturated heterocycles. The first-order chi connectivity index (χ1) is 10.6. The predicted octanol–water partition coefficient (Wildman–Crippen LogP) is 3.86. The first-order valence-corrected chi connectivity index (χ1v) is 7.33. The van der Waals surface area contributed by atoms with Gasteiger partial charge in [0.2, 0.25) is 5.78 Å². The SMILES string of the molecule is O=C(c1cn(Cc2ccccc2)nn1)c1c(Cl)cccc1Cl. The van der Waals surface area contributed by atoms with Gasteiger partial charge in [-0.05, 0) is 17.7 Å². The average Bonchev–Trinajstić information content (AvgIpc) is 2.96. The van der Waals surface area contributed by atoms with Gasteiger partial charge in [0.05, 0.1) is 28.4 Å². The molecule has 0 saturated carbocycles. The minimum atomic E-state index is -0.338. The van der Waals surface area contributed by atoms with Gasteiger partial charge in [-0.1, -0.05) is 64.8 Å². The highest BCUT2D eigenvalue weighted by Crippen LogP contribution is 2.26. The fourth-order valence-electron chi connectivity index (χ4n) is 2.09. The van der Waals surface area contributed by atoms with E-state index < -0.39 is 0 Å². The number of hydrogen-bond donors (Lipinski definition) is 0. The molecule has 3 rings (SSSR count). The number of aromatic nitrogens is 3. The zero-order chi connectivity index (χ0) is 15.5. The number of ketones is 1. The van der Waals surface area contributed by atoms with Crippen molar-refractivity contribution in [1.82, 2.24) is 15.0 Å². The molecule has 0 aliphatic rings. The number of carbonyl (C=O) groups is 1. The van der Waals surface area contributed by atoms with Crippen molar-refractivity contribution in [2.24, 2.45) is 0 Å². The van der Waals surface area contributed by atoms with Gasteiger partial charge in [0.1, 0.15) is 0 Å². The van der Waals surface area contributed by atoms with Crippen molar-refractivity contribution in [3.63, 3.8) is 0 Å². The number of rotatable bonds is 4. The van der Waals surface area contributed by atoms with Gasteiger partial charge in [0.15, 0.2) is 5.69 Å². The Labute approximate surface area is 137 Å². The van der Waals surface area contributed by atoms with E-state index in [1.807, 2.05) is 30.3 Å². The number of nitrogens with zero attached hydrogens (tertiary/aromatic N) is 3. The van der Waals surface area contributed by atoms with Crippen LogP contribution < -0.4 is 0 Å². The topological polar surface area (TPSA) is 47.8 Å². The van der Waals surface area contributed by atoms with Gasteiger partial charge < -0.3 is 0 Å². The highest BCUT2D eigenvalue weighted by atomic mass is 35.5. The molecule has 1 heterocycles. The summed E-state index contributed by atoms with van der Waals surface area (Å²) in [5.41, 5.74) is 1.53. The first-order valence-electron chi connectivity index (χ1n) is 6.58. The summed E-state index contributed by atoms with van der Waals surface area (Å²) in [5, 5.41) is 8.50. The van der Waals surface area contributed by atoms with Gasteiger partial charge in [-0.25, -0.2) is 4.68 Å². The summed E-state index contributed by atoms with van der Waals surface area (Å²) >= 11 is 12.1. The van der Waals surface area contributed by atoms with E-state index >= 15 is 0 Å². The summed E-state index contributed by atoms with van der Waals surface area (Å²) in [4.78, 5) is 12.5. The van der Waals surface area contributed by atoms with E-state index in [1.165, 1.54) is 0 Å². The summed E-state index contributed by atoms with van der Waals surface area (Å²) in [5.74, 6) is -0.338. The zero-order valence-electron chi connectivity index (χ0n) is 11.4. The fourth-order valence-corrected chi connectivity index (χ4v) is 2.66. The Morgan fingerprint density at radius 3 is 2.36 bits per heavy atom. The van der Waals surface area contributed by atoms with Gasteiger partial charge >= 0.3 is 0 Å². The Kier molecular flexibility index (Phi) is 4.22. The van der Waals surface area contributed by atoms with E-state index in [-0.39, 0.29) is 17.0 Å². The second-order valence-electron chi connectivity index (χ2n) is 4.71. The molecular weight excluding hydrogens is 321 g/mol. The summed E-state index contributed by atoms with van der Waals surface area (Å²) in [6.07, 6.45) is 1.59. The molecule has 0 unspecified atom stereocenters. The molecule has 0 N–H and O–H groups in total. The van der Waals surface area contributed by atoms with Crippen LogP contribution in [-0.2, 0) is 6.54 Å². The van der Waals surface area contributed by atoms with Crippen LogP contribution in [0.5, 0.6) is 0 Å². The number of halogens is 2. The number of carbonyl (C=O) groups excluding carboxylic acids is 1. The Morgan fingerprint density at radius 2 is 1.68 bits per heavy atom. The van der Waals surface area contributed by atoms with Gasteiger partial charge in [-0.15, -0.1) is 5.10 Å². The van der Waals surface area contributed by atoms with E-state index in [9.17, 15) is 4.79 Å². The van der Waals surface area contributed by atoms with Crippen LogP contribution >= 0.6 is 23.2 Å². The van der Waals surface area contributed by atoms with Crippen molar-refractivity contribution in [2.75, 3.05) is 0 Å². The predicted molar refractivity (Wildman–Crippen MR) is 85.5 cm³/mol. The van der Waals surface area contributed by atoms with Crippen molar-refractivity contribution in [3.05, 3.63) is 81.6 Å². The van der Waals surface area contributed by atoms with Crippen LogP contribution in [0.4, 0.5) is 0 Å².